The fraction of sp³-hybridized carbons (Fsp3) is 0.0800. The summed E-state index contributed by atoms with van der Waals surface area (Å²) < 4.78 is 38.5. The molecule has 0 saturated heterocycles. The van der Waals surface area contributed by atoms with Gasteiger partial charge in [-0.05, 0) is 72.9 Å². The predicted molar refractivity (Wildman–Crippen MR) is 147 cm³/mol. The molecule has 0 aliphatic heterocycles. The Morgan fingerprint density at radius 1 is 0.892 bits per heavy atom. The van der Waals surface area contributed by atoms with E-state index in [9.17, 15) is 13.2 Å². The van der Waals surface area contributed by atoms with Crippen LogP contribution in [0.4, 0.5) is 10.8 Å². The van der Waals surface area contributed by atoms with Gasteiger partial charge in [0, 0.05) is 22.8 Å². The number of para-hydroxylation sites is 1. The minimum absolute atomic E-state index is 0.0668. The first-order chi connectivity index (χ1) is 17.9. The zero-order chi connectivity index (χ0) is 26.1. The van der Waals surface area contributed by atoms with E-state index in [1.807, 2.05) is 30.3 Å². The van der Waals surface area contributed by atoms with Crippen molar-refractivity contribution in [2.24, 2.45) is 0 Å². The molecule has 1 amide bonds. The lowest BCUT2D eigenvalue weighted by molar-refractivity contribution is 0.0977. The van der Waals surface area contributed by atoms with E-state index in [2.05, 4.69) is 20.3 Å². The number of hydrogen-bond donors (Lipinski definition) is 3. The number of thiazole rings is 1. The van der Waals surface area contributed by atoms with E-state index in [1.165, 1.54) is 29.7 Å². The van der Waals surface area contributed by atoms with Gasteiger partial charge < -0.3 is 14.8 Å². The molecule has 12 heteroatoms. The molecular formula is C25H22N4O5S3. The third kappa shape index (κ3) is 7.74. The summed E-state index contributed by atoms with van der Waals surface area (Å²) in [7, 11) is -3.76. The smallest absolute Gasteiger partial charge is 0.263 e. The van der Waals surface area contributed by atoms with Crippen LogP contribution >= 0.6 is 23.6 Å². The topological polar surface area (TPSA) is 119 Å². The highest BCUT2D eigenvalue weighted by molar-refractivity contribution is 7.93. The lowest BCUT2D eigenvalue weighted by Crippen LogP contribution is -2.34. The number of nitrogens with one attached hydrogen (secondary N) is 3. The Labute approximate surface area is 223 Å². The highest BCUT2D eigenvalue weighted by Gasteiger charge is 2.15. The van der Waals surface area contributed by atoms with Crippen LogP contribution in [0.25, 0.3) is 0 Å². The normalized spacial score (nSPS) is 10.8. The summed E-state index contributed by atoms with van der Waals surface area (Å²) >= 11 is 6.39. The second kappa shape index (κ2) is 12.3. The van der Waals surface area contributed by atoms with Crippen LogP contribution in [0.5, 0.6) is 11.5 Å². The second-order valence-corrected chi connectivity index (χ2v) is 10.4. The van der Waals surface area contributed by atoms with Gasteiger partial charge in [-0.1, -0.05) is 18.2 Å². The van der Waals surface area contributed by atoms with Gasteiger partial charge in [-0.2, -0.15) is 0 Å². The van der Waals surface area contributed by atoms with Crippen LogP contribution in [0, 0.1) is 0 Å². The van der Waals surface area contributed by atoms with Gasteiger partial charge in [-0.15, -0.1) is 11.3 Å². The summed E-state index contributed by atoms with van der Waals surface area (Å²) in [5.41, 5.74) is 0.909. The van der Waals surface area contributed by atoms with Crippen LogP contribution in [0.1, 0.15) is 10.4 Å². The van der Waals surface area contributed by atoms with Gasteiger partial charge in [0.1, 0.15) is 24.7 Å². The molecular weight excluding hydrogens is 532 g/mol. The Hall–Kier alpha value is -4.00. The van der Waals surface area contributed by atoms with Gasteiger partial charge in [-0.3, -0.25) is 14.8 Å². The number of aromatic nitrogens is 1. The summed E-state index contributed by atoms with van der Waals surface area (Å²) in [6, 6.07) is 22.0. The molecule has 3 N–H and O–H groups in total. The lowest BCUT2D eigenvalue weighted by Gasteiger charge is -2.11. The SMILES string of the molecule is O=C(NC(=S)Nc1ccc(S(=O)(=O)Nc2nccs2)cc1)c1ccc(OCCOc2ccccc2)cc1. The number of sulfonamides is 1. The highest BCUT2D eigenvalue weighted by atomic mass is 32.2. The molecule has 0 unspecified atom stereocenters. The average Bonchev–Trinajstić information content (AvgIpc) is 3.40. The van der Waals surface area contributed by atoms with Crippen LogP contribution in [0.3, 0.4) is 0 Å². The van der Waals surface area contributed by atoms with Gasteiger partial charge in [0.2, 0.25) is 0 Å². The number of rotatable bonds is 10. The van der Waals surface area contributed by atoms with Crippen molar-refractivity contribution in [1.82, 2.24) is 10.3 Å². The molecule has 0 saturated carbocycles. The molecule has 1 aromatic heterocycles. The first kappa shape index (κ1) is 26.1. The Bertz CT molecular complexity index is 1430. The minimum atomic E-state index is -3.76. The number of benzene rings is 3. The number of amides is 1. The summed E-state index contributed by atoms with van der Waals surface area (Å²) in [5.74, 6) is 0.976. The number of carbonyl (C=O) groups is 1. The van der Waals surface area contributed by atoms with Crippen LogP contribution in [0.2, 0.25) is 0 Å². The molecule has 4 rings (SSSR count). The number of nitrogens with zero attached hydrogens (tertiary/aromatic N) is 1. The summed E-state index contributed by atoms with van der Waals surface area (Å²) in [4.78, 5) is 16.5. The van der Waals surface area contributed by atoms with Gasteiger partial charge in [0.05, 0.1) is 4.90 Å². The van der Waals surface area contributed by atoms with E-state index in [0.29, 0.717) is 30.2 Å². The third-order valence-corrected chi connectivity index (χ3v) is 7.16. The van der Waals surface area contributed by atoms with Crippen molar-refractivity contribution < 1.29 is 22.7 Å². The molecule has 9 nitrogen and oxygen atoms in total. The summed E-state index contributed by atoms with van der Waals surface area (Å²) in [6.45, 7) is 0.747. The van der Waals surface area contributed by atoms with Crippen LogP contribution in [-0.4, -0.2) is 37.6 Å². The molecule has 0 atom stereocenters. The lowest BCUT2D eigenvalue weighted by atomic mass is 10.2. The van der Waals surface area contributed by atoms with Crippen molar-refractivity contribution in [1.29, 1.82) is 0 Å². The fourth-order valence-electron chi connectivity index (χ4n) is 3.04. The zero-order valence-electron chi connectivity index (χ0n) is 19.3. The Kier molecular flexibility index (Phi) is 8.67. The molecule has 1 heterocycles. The van der Waals surface area contributed by atoms with E-state index in [0.717, 1.165) is 5.75 Å². The van der Waals surface area contributed by atoms with Crippen molar-refractivity contribution >= 4 is 55.4 Å². The standard InChI is InChI=1S/C25H22N4O5S3/c30-23(18-6-10-21(11-7-18)34-16-15-33-20-4-2-1-3-5-20)28-24(35)27-19-8-12-22(13-9-19)37(31,32)29-25-26-14-17-36-25/h1-14,17H,15-16H2,(H,26,29)(H2,27,28,30,35). The predicted octanol–water partition coefficient (Wildman–Crippen LogP) is 4.53. The van der Waals surface area contributed by atoms with Crippen molar-refractivity contribution in [2.75, 3.05) is 23.3 Å². The van der Waals surface area contributed by atoms with E-state index in [-0.39, 0.29) is 15.1 Å². The Morgan fingerprint density at radius 3 is 2.16 bits per heavy atom. The minimum Gasteiger partial charge on any atom is -0.490 e. The first-order valence-corrected chi connectivity index (χ1v) is 13.7. The van der Waals surface area contributed by atoms with E-state index in [4.69, 9.17) is 21.7 Å². The molecule has 0 aliphatic carbocycles. The summed E-state index contributed by atoms with van der Waals surface area (Å²) in [6.07, 6.45) is 1.51. The third-order valence-electron chi connectivity index (χ3n) is 4.78. The summed E-state index contributed by atoms with van der Waals surface area (Å²) in [5, 5.41) is 7.48. The second-order valence-electron chi connectivity index (χ2n) is 7.41. The van der Waals surface area contributed by atoms with Crippen LogP contribution < -0.4 is 24.8 Å². The number of carbonyl (C=O) groups excluding carboxylic acids is 1. The van der Waals surface area contributed by atoms with E-state index < -0.39 is 15.9 Å². The van der Waals surface area contributed by atoms with Gasteiger partial charge in [-0.25, -0.2) is 13.4 Å². The van der Waals surface area contributed by atoms with E-state index in [1.54, 1.807) is 41.8 Å². The molecule has 190 valence electrons. The van der Waals surface area contributed by atoms with Crippen molar-refractivity contribution in [2.45, 2.75) is 4.90 Å². The van der Waals surface area contributed by atoms with Crippen LogP contribution in [-0.2, 0) is 10.0 Å². The van der Waals surface area contributed by atoms with Crippen molar-refractivity contribution in [3.63, 3.8) is 0 Å². The van der Waals surface area contributed by atoms with Crippen LogP contribution in [0.15, 0.2) is 95.3 Å². The molecule has 4 aromatic rings. The zero-order valence-corrected chi connectivity index (χ0v) is 21.7. The molecule has 3 aromatic carbocycles. The number of thiocarbonyl (C=S) groups is 1. The van der Waals surface area contributed by atoms with E-state index >= 15 is 0 Å². The Balaban J connectivity index is 1.23. The quantitative estimate of drug-likeness (QED) is 0.193. The molecule has 0 bridgehead atoms. The average molecular weight is 555 g/mol. The number of hydrogen-bond acceptors (Lipinski definition) is 8. The first-order valence-electron chi connectivity index (χ1n) is 10.9. The maximum absolute atomic E-state index is 12.5. The molecule has 0 radical (unpaired) electrons. The highest BCUT2D eigenvalue weighted by Crippen LogP contribution is 2.20. The number of ether oxygens (including phenoxy) is 2. The Morgan fingerprint density at radius 2 is 1.54 bits per heavy atom. The molecule has 0 aliphatic rings. The fourth-order valence-corrected chi connectivity index (χ4v) is 5.04. The molecule has 0 spiro atoms. The molecule has 0 fully saturated rings. The monoisotopic (exact) mass is 554 g/mol. The maximum Gasteiger partial charge on any atom is 0.263 e. The van der Waals surface area contributed by atoms with Crippen molar-refractivity contribution in [3.05, 3.63) is 96.0 Å². The van der Waals surface area contributed by atoms with Gasteiger partial charge >= 0.3 is 0 Å². The van der Waals surface area contributed by atoms with Gasteiger partial charge in [0.25, 0.3) is 15.9 Å². The van der Waals surface area contributed by atoms with Crippen molar-refractivity contribution in [3.8, 4) is 11.5 Å². The van der Waals surface area contributed by atoms with Gasteiger partial charge in [0.15, 0.2) is 10.2 Å². The molecule has 37 heavy (non-hydrogen) atoms. The largest absolute Gasteiger partial charge is 0.490 e. The maximum atomic E-state index is 12.5. The number of anilines is 2.